The highest BCUT2D eigenvalue weighted by Crippen LogP contribution is 2.36. The number of nitrogens with one attached hydrogen (secondary N) is 1. The van der Waals surface area contributed by atoms with E-state index in [4.69, 9.17) is 20.2 Å². The predicted octanol–water partition coefficient (Wildman–Crippen LogP) is 4.10. The number of aromatic nitrogens is 5. The number of rotatable bonds is 4. The molecule has 0 aliphatic carbocycles. The molecule has 0 fully saturated rings. The first-order valence-electron chi connectivity index (χ1n) is 10.3. The van der Waals surface area contributed by atoms with E-state index in [0.29, 0.717) is 40.1 Å². The topological polar surface area (TPSA) is 130 Å². The summed E-state index contributed by atoms with van der Waals surface area (Å²) in [6, 6.07) is 5.32. The summed E-state index contributed by atoms with van der Waals surface area (Å²) in [5.74, 6) is 2.07. The minimum atomic E-state index is -0.618. The molecule has 4 rings (SSSR count). The Morgan fingerprint density at radius 1 is 1.12 bits per heavy atom. The van der Waals surface area contributed by atoms with Crippen LogP contribution in [-0.4, -0.2) is 43.1 Å². The molecule has 0 bridgehead atoms. The molecule has 170 valence electrons. The first-order valence-corrected chi connectivity index (χ1v) is 10.3. The number of methoxy groups -OCH3 is 1. The number of anilines is 2. The van der Waals surface area contributed by atoms with Crippen LogP contribution in [0.1, 0.15) is 26.6 Å². The first-order chi connectivity index (χ1) is 15.7. The molecule has 3 N–H and O–H groups in total. The van der Waals surface area contributed by atoms with Gasteiger partial charge in [0.15, 0.2) is 0 Å². The number of aryl methyl sites for hydroxylation is 1. The van der Waals surface area contributed by atoms with E-state index >= 15 is 0 Å². The average Bonchev–Trinajstić information content (AvgIpc) is 3.14. The van der Waals surface area contributed by atoms with Gasteiger partial charge in [-0.1, -0.05) is 6.07 Å². The number of nitrogens with zero attached hydrogens (tertiary/aromatic N) is 5. The molecule has 0 spiro atoms. The maximum absolute atomic E-state index is 12.2. The highest BCUT2D eigenvalue weighted by atomic mass is 16.6. The summed E-state index contributed by atoms with van der Waals surface area (Å²) in [6.07, 6.45) is 6.25. The van der Waals surface area contributed by atoms with Gasteiger partial charge in [0.1, 0.15) is 40.0 Å². The third kappa shape index (κ3) is 4.54. The first kappa shape index (κ1) is 22.0. The fourth-order valence-electron chi connectivity index (χ4n) is 3.33. The second kappa shape index (κ2) is 8.38. The number of carbonyl (C=O) groups is 1. The molecule has 10 nitrogen and oxygen atoms in total. The number of hydrogen-bond acceptors (Lipinski definition) is 8. The van der Waals surface area contributed by atoms with Gasteiger partial charge >= 0.3 is 6.09 Å². The Bertz CT molecular complexity index is 1320. The fourth-order valence-corrected chi connectivity index (χ4v) is 3.33. The van der Waals surface area contributed by atoms with Crippen molar-refractivity contribution in [1.29, 1.82) is 0 Å². The molecule has 0 aliphatic heterocycles. The molecular weight excluding hydrogens is 422 g/mol. The van der Waals surface area contributed by atoms with Crippen molar-refractivity contribution < 1.29 is 14.3 Å². The summed E-state index contributed by atoms with van der Waals surface area (Å²) >= 11 is 0. The number of nitrogen functional groups attached to an aromatic ring is 1. The number of ether oxygens (including phenoxy) is 2. The van der Waals surface area contributed by atoms with Gasteiger partial charge in [-0.05, 0) is 39.8 Å². The Labute approximate surface area is 190 Å². The SMILES string of the molecule is COc1cc(-c2nc(-c3cnc(C)nc3)n3ccnc(N)c23)ccc1NC(=O)OC(C)(C)C. The van der Waals surface area contributed by atoms with Gasteiger partial charge in [-0.15, -0.1) is 0 Å². The van der Waals surface area contributed by atoms with E-state index in [2.05, 4.69) is 20.3 Å². The maximum Gasteiger partial charge on any atom is 0.412 e. The number of nitrogens with two attached hydrogens (primary N) is 1. The van der Waals surface area contributed by atoms with Crippen molar-refractivity contribution in [2.24, 2.45) is 0 Å². The largest absolute Gasteiger partial charge is 0.495 e. The zero-order valence-electron chi connectivity index (χ0n) is 19.1. The molecule has 3 aromatic heterocycles. The second-order valence-corrected chi connectivity index (χ2v) is 8.38. The van der Waals surface area contributed by atoms with Crippen LogP contribution in [0.15, 0.2) is 43.0 Å². The van der Waals surface area contributed by atoms with Crippen molar-refractivity contribution in [3.8, 4) is 28.4 Å². The zero-order valence-corrected chi connectivity index (χ0v) is 19.1. The van der Waals surface area contributed by atoms with E-state index in [9.17, 15) is 4.79 Å². The van der Waals surface area contributed by atoms with Crippen molar-refractivity contribution in [1.82, 2.24) is 24.3 Å². The van der Waals surface area contributed by atoms with E-state index in [1.807, 2.05) is 17.4 Å². The molecule has 0 saturated heterocycles. The van der Waals surface area contributed by atoms with Crippen LogP contribution < -0.4 is 15.8 Å². The van der Waals surface area contributed by atoms with Crippen molar-refractivity contribution in [3.63, 3.8) is 0 Å². The summed E-state index contributed by atoms with van der Waals surface area (Å²) in [7, 11) is 1.52. The standard InChI is InChI=1S/C23H25N7O3/c1-13-26-11-15(12-27-13)21-29-18(19-20(24)25-8-9-30(19)21)14-6-7-16(17(10-14)32-5)28-22(31)33-23(2,3)4/h6-12H,1-5H3,(H2,24,25)(H,28,31). The highest BCUT2D eigenvalue weighted by molar-refractivity contribution is 5.91. The molecule has 4 aromatic rings. The molecule has 0 atom stereocenters. The molecule has 1 amide bonds. The Morgan fingerprint density at radius 2 is 1.85 bits per heavy atom. The van der Waals surface area contributed by atoms with Crippen molar-refractivity contribution in [2.45, 2.75) is 33.3 Å². The number of carbonyl (C=O) groups excluding carboxylic acids is 1. The summed E-state index contributed by atoms with van der Waals surface area (Å²) in [5.41, 5.74) is 8.80. The second-order valence-electron chi connectivity index (χ2n) is 8.38. The molecule has 1 aromatic carbocycles. The van der Waals surface area contributed by atoms with Gasteiger partial charge in [-0.25, -0.2) is 24.7 Å². The molecule has 3 heterocycles. The summed E-state index contributed by atoms with van der Waals surface area (Å²) < 4.78 is 12.7. The van der Waals surface area contributed by atoms with Gasteiger partial charge in [0.2, 0.25) is 0 Å². The number of benzene rings is 1. The zero-order chi connectivity index (χ0) is 23.8. The lowest BCUT2D eigenvalue weighted by Gasteiger charge is -2.20. The van der Waals surface area contributed by atoms with Gasteiger partial charge < -0.3 is 15.2 Å². The van der Waals surface area contributed by atoms with Gasteiger partial charge in [-0.2, -0.15) is 0 Å². The predicted molar refractivity (Wildman–Crippen MR) is 125 cm³/mol. The summed E-state index contributed by atoms with van der Waals surface area (Å²) in [4.78, 5) is 29.8. The Morgan fingerprint density at radius 3 is 2.52 bits per heavy atom. The highest BCUT2D eigenvalue weighted by Gasteiger charge is 2.21. The van der Waals surface area contributed by atoms with Crippen LogP contribution in [0.5, 0.6) is 5.75 Å². The summed E-state index contributed by atoms with van der Waals surface area (Å²) in [6.45, 7) is 7.21. The number of imidazole rings is 1. The van der Waals surface area contributed by atoms with E-state index in [-0.39, 0.29) is 0 Å². The van der Waals surface area contributed by atoms with E-state index in [0.717, 1.165) is 11.1 Å². The van der Waals surface area contributed by atoms with Gasteiger partial charge in [0.05, 0.1) is 18.4 Å². The Kier molecular flexibility index (Phi) is 5.59. The molecular formula is C23H25N7O3. The van der Waals surface area contributed by atoms with Crippen LogP contribution in [0.4, 0.5) is 16.3 Å². The van der Waals surface area contributed by atoms with Crippen molar-refractivity contribution in [2.75, 3.05) is 18.2 Å². The molecule has 10 heteroatoms. The van der Waals surface area contributed by atoms with Crippen LogP contribution in [0.2, 0.25) is 0 Å². The third-order valence-corrected chi connectivity index (χ3v) is 4.73. The minimum Gasteiger partial charge on any atom is -0.495 e. The smallest absolute Gasteiger partial charge is 0.412 e. The third-order valence-electron chi connectivity index (χ3n) is 4.73. The average molecular weight is 447 g/mol. The van der Waals surface area contributed by atoms with Gasteiger partial charge in [0, 0.05) is 30.4 Å². The molecule has 0 unspecified atom stereocenters. The molecule has 33 heavy (non-hydrogen) atoms. The lowest BCUT2D eigenvalue weighted by atomic mass is 10.1. The number of hydrogen-bond donors (Lipinski definition) is 2. The van der Waals surface area contributed by atoms with Crippen molar-refractivity contribution >= 4 is 23.1 Å². The van der Waals surface area contributed by atoms with Crippen LogP contribution in [0.3, 0.4) is 0 Å². The fraction of sp³-hybridized carbons (Fsp3) is 0.261. The molecule has 0 radical (unpaired) electrons. The Balaban J connectivity index is 1.79. The summed E-state index contributed by atoms with van der Waals surface area (Å²) in [5, 5.41) is 2.72. The minimum absolute atomic E-state index is 0.328. The normalized spacial score (nSPS) is 11.4. The molecule has 0 aliphatic rings. The quantitative estimate of drug-likeness (QED) is 0.478. The lowest BCUT2D eigenvalue weighted by Crippen LogP contribution is -2.27. The van der Waals surface area contributed by atoms with Gasteiger partial charge in [-0.3, -0.25) is 9.72 Å². The van der Waals surface area contributed by atoms with Crippen LogP contribution in [0, 0.1) is 6.92 Å². The lowest BCUT2D eigenvalue weighted by molar-refractivity contribution is 0.0635. The van der Waals surface area contributed by atoms with E-state index in [1.54, 1.807) is 57.7 Å². The maximum atomic E-state index is 12.2. The van der Waals surface area contributed by atoms with Crippen molar-refractivity contribution in [3.05, 3.63) is 48.8 Å². The van der Waals surface area contributed by atoms with Gasteiger partial charge in [0.25, 0.3) is 0 Å². The van der Waals surface area contributed by atoms with Crippen LogP contribution in [0.25, 0.3) is 28.2 Å². The van der Waals surface area contributed by atoms with Crippen LogP contribution >= 0.6 is 0 Å². The van der Waals surface area contributed by atoms with Crippen LogP contribution in [-0.2, 0) is 4.74 Å². The molecule has 0 saturated carbocycles. The van der Waals surface area contributed by atoms with E-state index < -0.39 is 11.7 Å². The number of amides is 1. The Hall–Kier alpha value is -4.21. The van der Waals surface area contributed by atoms with E-state index in [1.165, 1.54) is 7.11 Å². The number of fused-ring (bicyclic) bond motifs is 1. The monoisotopic (exact) mass is 447 g/mol.